The molecule has 2 heterocycles. The number of fused-ring (bicyclic) bond motifs is 1. The van der Waals surface area contributed by atoms with Gasteiger partial charge in [-0.1, -0.05) is 23.9 Å². The van der Waals surface area contributed by atoms with Crippen LogP contribution in [0.2, 0.25) is 0 Å². The molecule has 0 bridgehead atoms. The fraction of sp³-hybridized carbons (Fsp3) is 0.353. The molecule has 3 rings (SSSR count). The molecule has 0 radical (unpaired) electrons. The van der Waals surface area contributed by atoms with Gasteiger partial charge in [0, 0.05) is 35.9 Å². The normalized spacial score (nSPS) is 14.4. The summed E-state index contributed by atoms with van der Waals surface area (Å²) in [6.07, 6.45) is 0.144. The zero-order chi connectivity index (χ0) is 17.1. The van der Waals surface area contributed by atoms with Crippen LogP contribution in [0.4, 0.5) is 4.79 Å². The lowest BCUT2D eigenvalue weighted by Crippen LogP contribution is -2.26. The molecule has 1 aliphatic heterocycles. The van der Waals surface area contributed by atoms with Crippen LogP contribution in [0.25, 0.3) is 11.0 Å². The Bertz CT molecular complexity index is 844. The maximum atomic E-state index is 11.9. The second-order valence-electron chi connectivity index (χ2n) is 5.60. The fourth-order valence-electron chi connectivity index (χ4n) is 2.54. The lowest BCUT2D eigenvalue weighted by Gasteiger charge is -2.13. The van der Waals surface area contributed by atoms with Gasteiger partial charge in [-0.3, -0.25) is 9.59 Å². The molecule has 1 saturated heterocycles. The summed E-state index contributed by atoms with van der Waals surface area (Å²) in [5, 5.41) is 0.754. The summed E-state index contributed by atoms with van der Waals surface area (Å²) in [5.74, 6) is 0.368. The number of thioether (sulfide) groups is 1. The van der Waals surface area contributed by atoms with E-state index in [1.165, 1.54) is 17.8 Å². The number of benzene rings is 1. The highest BCUT2D eigenvalue weighted by molar-refractivity contribution is 8.13. The SMILES string of the molecule is Cc1ccc2c(COC(=O)CCN3CCSC3=O)cc(=O)oc2c1. The smallest absolute Gasteiger partial charge is 0.336 e. The van der Waals surface area contributed by atoms with Gasteiger partial charge in [0.15, 0.2) is 0 Å². The topological polar surface area (TPSA) is 76.8 Å². The van der Waals surface area contributed by atoms with Crippen LogP contribution in [0.5, 0.6) is 0 Å². The third-order valence-electron chi connectivity index (χ3n) is 3.81. The Morgan fingerprint density at radius 1 is 1.33 bits per heavy atom. The molecule has 1 amide bonds. The van der Waals surface area contributed by atoms with Crippen molar-refractivity contribution in [3.63, 3.8) is 0 Å². The van der Waals surface area contributed by atoms with E-state index in [4.69, 9.17) is 9.15 Å². The molecule has 0 aliphatic carbocycles. The van der Waals surface area contributed by atoms with Gasteiger partial charge < -0.3 is 14.1 Å². The van der Waals surface area contributed by atoms with Crippen molar-refractivity contribution in [1.29, 1.82) is 0 Å². The van der Waals surface area contributed by atoms with Crippen LogP contribution >= 0.6 is 11.8 Å². The van der Waals surface area contributed by atoms with Gasteiger partial charge >= 0.3 is 11.6 Å². The van der Waals surface area contributed by atoms with Crippen LogP contribution in [0.15, 0.2) is 33.5 Å². The van der Waals surface area contributed by atoms with Crippen molar-refractivity contribution < 1.29 is 18.7 Å². The Balaban J connectivity index is 1.63. The van der Waals surface area contributed by atoms with Crippen LogP contribution in [0.1, 0.15) is 17.5 Å². The summed E-state index contributed by atoms with van der Waals surface area (Å²) in [6.45, 7) is 2.94. The van der Waals surface area contributed by atoms with Gasteiger partial charge in [0.25, 0.3) is 5.24 Å². The second kappa shape index (κ2) is 7.09. The molecule has 0 atom stereocenters. The van der Waals surface area contributed by atoms with E-state index in [0.717, 1.165) is 16.7 Å². The van der Waals surface area contributed by atoms with Crippen molar-refractivity contribution in [3.05, 3.63) is 45.8 Å². The number of amides is 1. The molecule has 0 spiro atoms. The number of carbonyl (C=O) groups is 2. The molecule has 24 heavy (non-hydrogen) atoms. The van der Waals surface area contributed by atoms with Gasteiger partial charge in [0.05, 0.1) is 6.42 Å². The van der Waals surface area contributed by atoms with Crippen molar-refractivity contribution in [2.45, 2.75) is 20.0 Å². The lowest BCUT2D eigenvalue weighted by molar-refractivity contribution is -0.145. The maximum Gasteiger partial charge on any atom is 0.336 e. The zero-order valence-corrected chi connectivity index (χ0v) is 14.1. The first-order chi connectivity index (χ1) is 11.5. The number of hydrogen-bond acceptors (Lipinski definition) is 6. The third-order valence-corrected chi connectivity index (χ3v) is 4.70. The summed E-state index contributed by atoms with van der Waals surface area (Å²) < 4.78 is 10.4. The zero-order valence-electron chi connectivity index (χ0n) is 13.2. The second-order valence-corrected chi connectivity index (χ2v) is 6.65. The van der Waals surface area contributed by atoms with Crippen molar-refractivity contribution in [3.8, 4) is 0 Å². The molecule has 2 aromatic rings. The van der Waals surface area contributed by atoms with E-state index in [2.05, 4.69) is 0 Å². The van der Waals surface area contributed by atoms with E-state index in [1.807, 2.05) is 19.1 Å². The van der Waals surface area contributed by atoms with Gasteiger partial charge in [-0.15, -0.1) is 0 Å². The van der Waals surface area contributed by atoms with E-state index in [9.17, 15) is 14.4 Å². The Hall–Kier alpha value is -2.28. The van der Waals surface area contributed by atoms with Crippen LogP contribution < -0.4 is 5.63 Å². The Labute approximate surface area is 142 Å². The van der Waals surface area contributed by atoms with Crippen LogP contribution in [-0.4, -0.2) is 35.0 Å². The standard InChI is InChI=1S/C17H17NO5S/c1-11-2-3-13-12(9-16(20)23-14(13)8-11)10-22-15(19)4-5-18-6-7-24-17(18)21/h2-3,8-9H,4-7,10H2,1H3. The number of aryl methyl sites for hydroxylation is 1. The summed E-state index contributed by atoms with van der Waals surface area (Å²) in [7, 11) is 0. The average molecular weight is 347 g/mol. The van der Waals surface area contributed by atoms with Gasteiger partial charge in [-0.05, 0) is 18.6 Å². The maximum absolute atomic E-state index is 11.9. The first kappa shape index (κ1) is 16.6. The highest BCUT2D eigenvalue weighted by atomic mass is 32.2. The molecular formula is C17H17NO5S. The first-order valence-corrected chi connectivity index (χ1v) is 8.62. The molecular weight excluding hydrogens is 330 g/mol. The van der Waals surface area contributed by atoms with E-state index in [1.54, 1.807) is 11.0 Å². The molecule has 0 saturated carbocycles. The van der Waals surface area contributed by atoms with Crippen molar-refractivity contribution >= 4 is 33.9 Å². The van der Waals surface area contributed by atoms with Crippen molar-refractivity contribution in [2.24, 2.45) is 0 Å². The number of carbonyl (C=O) groups excluding carboxylic acids is 2. The van der Waals surface area contributed by atoms with Crippen molar-refractivity contribution in [2.75, 3.05) is 18.8 Å². The summed E-state index contributed by atoms with van der Waals surface area (Å²) in [6, 6.07) is 6.87. The molecule has 1 aromatic heterocycles. The van der Waals surface area contributed by atoms with Gasteiger partial charge in [-0.25, -0.2) is 4.79 Å². The Morgan fingerprint density at radius 2 is 2.17 bits per heavy atom. The van der Waals surface area contributed by atoms with Gasteiger partial charge in [0.2, 0.25) is 0 Å². The fourth-order valence-corrected chi connectivity index (χ4v) is 3.39. The van der Waals surface area contributed by atoms with Crippen LogP contribution in [-0.2, 0) is 16.1 Å². The van der Waals surface area contributed by atoms with E-state index in [-0.39, 0.29) is 18.3 Å². The third kappa shape index (κ3) is 3.79. The molecule has 1 aromatic carbocycles. The van der Waals surface area contributed by atoms with E-state index >= 15 is 0 Å². The molecule has 7 heteroatoms. The molecule has 0 unspecified atom stereocenters. The van der Waals surface area contributed by atoms with Gasteiger partial charge in [-0.2, -0.15) is 0 Å². The first-order valence-electron chi connectivity index (χ1n) is 7.63. The van der Waals surface area contributed by atoms with Gasteiger partial charge in [0.1, 0.15) is 12.2 Å². The molecule has 126 valence electrons. The van der Waals surface area contributed by atoms with E-state index < -0.39 is 11.6 Å². The summed E-state index contributed by atoms with van der Waals surface area (Å²) in [5.41, 5.74) is 1.60. The summed E-state index contributed by atoms with van der Waals surface area (Å²) >= 11 is 1.26. The molecule has 6 nitrogen and oxygen atoms in total. The Kier molecular flexibility index (Phi) is 4.89. The monoisotopic (exact) mass is 347 g/mol. The van der Waals surface area contributed by atoms with Crippen LogP contribution in [0, 0.1) is 6.92 Å². The van der Waals surface area contributed by atoms with Crippen molar-refractivity contribution in [1.82, 2.24) is 4.90 Å². The number of nitrogens with zero attached hydrogens (tertiary/aromatic N) is 1. The predicted molar refractivity (Wildman–Crippen MR) is 91.1 cm³/mol. The number of rotatable bonds is 5. The molecule has 1 fully saturated rings. The Morgan fingerprint density at radius 3 is 2.92 bits per heavy atom. The quantitative estimate of drug-likeness (QED) is 0.611. The molecule has 0 N–H and O–H groups in total. The van der Waals surface area contributed by atoms with Crippen LogP contribution in [0.3, 0.4) is 0 Å². The summed E-state index contributed by atoms with van der Waals surface area (Å²) in [4.78, 5) is 36.6. The van der Waals surface area contributed by atoms with E-state index in [0.29, 0.717) is 24.2 Å². The minimum Gasteiger partial charge on any atom is -0.461 e. The minimum absolute atomic E-state index is 0.00447. The minimum atomic E-state index is -0.473. The highest BCUT2D eigenvalue weighted by Gasteiger charge is 2.21. The largest absolute Gasteiger partial charge is 0.461 e. The number of hydrogen-bond donors (Lipinski definition) is 0. The number of esters is 1. The lowest BCUT2D eigenvalue weighted by atomic mass is 10.1. The molecule has 1 aliphatic rings. The number of ether oxygens (including phenoxy) is 1. The predicted octanol–water partition coefficient (Wildman–Crippen LogP) is 2.70. The average Bonchev–Trinajstić information content (AvgIpc) is 2.95. The highest BCUT2D eigenvalue weighted by Crippen LogP contribution is 2.20.